The smallest absolute Gasteiger partial charge is 0.246 e. The van der Waals surface area contributed by atoms with E-state index < -0.39 is 0 Å². The summed E-state index contributed by atoms with van der Waals surface area (Å²) >= 11 is 3.47. The van der Waals surface area contributed by atoms with Crippen LogP contribution >= 0.6 is 15.9 Å². The Bertz CT molecular complexity index is 1090. The molecule has 0 radical (unpaired) electrons. The molecular weight excluding hydrogens is 458 g/mol. The van der Waals surface area contributed by atoms with Crippen LogP contribution in [0.3, 0.4) is 0 Å². The maximum atomic E-state index is 13.5. The molecule has 158 valence electrons. The van der Waals surface area contributed by atoms with Gasteiger partial charge in [0.15, 0.2) is 0 Å². The third-order valence-electron chi connectivity index (χ3n) is 6.12. The van der Waals surface area contributed by atoms with Crippen molar-refractivity contribution in [3.05, 3.63) is 88.4 Å². The Morgan fingerprint density at radius 3 is 2.13 bits per heavy atom. The SMILES string of the molecule is COc1ccc(C2NNC3C(=O)N(c4ccc(Br)cc4)C(c4ccc(O)cc4)C32)cc1. The highest BCUT2D eigenvalue weighted by Gasteiger charge is 2.55. The molecule has 0 aliphatic carbocycles. The fourth-order valence-corrected chi connectivity index (χ4v) is 4.93. The zero-order valence-electron chi connectivity index (χ0n) is 16.8. The summed E-state index contributed by atoms with van der Waals surface area (Å²) in [5.41, 5.74) is 9.48. The monoisotopic (exact) mass is 479 g/mol. The van der Waals surface area contributed by atoms with Crippen molar-refractivity contribution < 1.29 is 14.6 Å². The fourth-order valence-electron chi connectivity index (χ4n) is 4.66. The third-order valence-corrected chi connectivity index (χ3v) is 6.65. The zero-order valence-corrected chi connectivity index (χ0v) is 18.4. The molecule has 0 bridgehead atoms. The van der Waals surface area contributed by atoms with Crippen molar-refractivity contribution >= 4 is 27.5 Å². The number of phenols is 1. The second kappa shape index (κ2) is 8.00. The van der Waals surface area contributed by atoms with Gasteiger partial charge in [-0.25, -0.2) is 10.9 Å². The van der Waals surface area contributed by atoms with Gasteiger partial charge in [-0.3, -0.25) is 4.79 Å². The second-order valence-corrected chi connectivity index (χ2v) is 8.73. The predicted octanol–water partition coefficient (Wildman–Crippen LogP) is 4.09. The number of hydrogen-bond acceptors (Lipinski definition) is 5. The summed E-state index contributed by atoms with van der Waals surface area (Å²) < 4.78 is 6.25. The number of nitrogens with one attached hydrogen (secondary N) is 2. The summed E-state index contributed by atoms with van der Waals surface area (Å²) in [7, 11) is 1.65. The molecule has 5 rings (SSSR count). The highest BCUT2D eigenvalue weighted by Crippen LogP contribution is 2.49. The van der Waals surface area contributed by atoms with E-state index in [0.717, 1.165) is 27.0 Å². The van der Waals surface area contributed by atoms with Crippen LogP contribution in [0.2, 0.25) is 0 Å². The minimum atomic E-state index is -0.366. The molecule has 4 unspecified atom stereocenters. The number of hydrogen-bond donors (Lipinski definition) is 3. The van der Waals surface area contributed by atoms with Gasteiger partial charge in [-0.2, -0.15) is 0 Å². The quantitative estimate of drug-likeness (QED) is 0.525. The number of rotatable bonds is 4. The van der Waals surface area contributed by atoms with Crippen LogP contribution in [-0.4, -0.2) is 24.2 Å². The van der Waals surface area contributed by atoms with Crippen LogP contribution in [0.4, 0.5) is 5.69 Å². The molecule has 4 atom stereocenters. The molecule has 2 saturated heterocycles. The Labute approximate surface area is 188 Å². The van der Waals surface area contributed by atoms with Crippen LogP contribution in [0.25, 0.3) is 0 Å². The lowest BCUT2D eigenvalue weighted by atomic mass is 9.83. The number of phenolic OH excluding ortho intramolecular Hbond substituents is 1. The second-order valence-electron chi connectivity index (χ2n) is 7.82. The number of amides is 1. The zero-order chi connectivity index (χ0) is 21.5. The van der Waals surface area contributed by atoms with Crippen LogP contribution in [0, 0.1) is 5.92 Å². The summed E-state index contributed by atoms with van der Waals surface area (Å²) in [4.78, 5) is 15.4. The van der Waals surface area contributed by atoms with Gasteiger partial charge >= 0.3 is 0 Å². The summed E-state index contributed by atoms with van der Waals surface area (Å²) in [6.07, 6.45) is 0. The number of anilines is 1. The lowest BCUT2D eigenvalue weighted by Crippen LogP contribution is -2.41. The van der Waals surface area contributed by atoms with Crippen molar-refractivity contribution in [2.45, 2.75) is 18.1 Å². The molecular formula is C24H22BrN3O3. The topological polar surface area (TPSA) is 73.8 Å². The molecule has 3 aromatic carbocycles. The van der Waals surface area contributed by atoms with E-state index in [1.807, 2.05) is 65.6 Å². The number of halogens is 1. The first-order valence-electron chi connectivity index (χ1n) is 10.1. The van der Waals surface area contributed by atoms with Crippen LogP contribution < -0.4 is 20.5 Å². The van der Waals surface area contributed by atoms with E-state index in [-0.39, 0.29) is 35.7 Å². The molecule has 3 N–H and O–H groups in total. The fraction of sp³-hybridized carbons (Fsp3) is 0.208. The Kier molecular flexibility index (Phi) is 5.17. The number of methoxy groups -OCH3 is 1. The number of benzene rings is 3. The highest BCUT2D eigenvalue weighted by atomic mass is 79.9. The first kappa shape index (κ1) is 20.1. The Balaban J connectivity index is 1.60. The largest absolute Gasteiger partial charge is 0.508 e. The first-order chi connectivity index (χ1) is 15.1. The average Bonchev–Trinajstić information content (AvgIpc) is 3.34. The first-order valence-corrected chi connectivity index (χ1v) is 10.9. The Hall–Kier alpha value is -2.87. The van der Waals surface area contributed by atoms with Gasteiger partial charge in [0.25, 0.3) is 0 Å². The molecule has 7 heteroatoms. The van der Waals surface area contributed by atoms with E-state index in [1.54, 1.807) is 19.2 Å². The average molecular weight is 480 g/mol. The summed E-state index contributed by atoms with van der Waals surface area (Å²) in [5, 5.41) is 9.81. The van der Waals surface area contributed by atoms with Gasteiger partial charge in [0.1, 0.15) is 17.5 Å². The molecule has 0 aromatic heterocycles. The molecule has 3 aromatic rings. The van der Waals surface area contributed by atoms with Crippen molar-refractivity contribution in [2.75, 3.05) is 12.0 Å². The minimum Gasteiger partial charge on any atom is -0.508 e. The Morgan fingerprint density at radius 1 is 0.871 bits per heavy atom. The van der Waals surface area contributed by atoms with Gasteiger partial charge in [-0.15, -0.1) is 0 Å². The van der Waals surface area contributed by atoms with Gasteiger partial charge in [0.2, 0.25) is 5.91 Å². The van der Waals surface area contributed by atoms with Crippen LogP contribution in [0.1, 0.15) is 23.2 Å². The summed E-state index contributed by atoms with van der Waals surface area (Å²) in [6.45, 7) is 0. The van der Waals surface area contributed by atoms with Crippen LogP contribution in [0.15, 0.2) is 77.3 Å². The molecule has 6 nitrogen and oxygen atoms in total. The van der Waals surface area contributed by atoms with Gasteiger partial charge in [-0.05, 0) is 59.7 Å². The highest BCUT2D eigenvalue weighted by molar-refractivity contribution is 9.10. The van der Waals surface area contributed by atoms with E-state index in [4.69, 9.17) is 4.74 Å². The molecule has 2 fully saturated rings. The van der Waals surface area contributed by atoms with E-state index >= 15 is 0 Å². The lowest BCUT2D eigenvalue weighted by molar-refractivity contribution is -0.119. The maximum Gasteiger partial charge on any atom is 0.246 e. The maximum absolute atomic E-state index is 13.5. The number of aromatic hydroxyl groups is 1. The van der Waals surface area contributed by atoms with Crippen molar-refractivity contribution in [2.24, 2.45) is 5.92 Å². The molecule has 2 aliphatic heterocycles. The standard InChI is InChI=1S/C24H22BrN3O3/c1-31-19-12-4-14(5-13-19)21-20-22(27-26-21)24(30)28(17-8-6-16(25)7-9-17)23(20)15-2-10-18(29)11-3-15/h2-13,20-23,26-27,29H,1H3. The minimum absolute atomic E-state index is 0.0221. The van der Waals surface area contributed by atoms with Gasteiger partial charge in [0.05, 0.1) is 19.2 Å². The number of fused-ring (bicyclic) bond motifs is 1. The van der Waals surface area contributed by atoms with E-state index in [9.17, 15) is 9.90 Å². The van der Waals surface area contributed by atoms with E-state index in [1.165, 1.54) is 0 Å². The van der Waals surface area contributed by atoms with E-state index in [0.29, 0.717) is 0 Å². The third kappa shape index (κ3) is 3.48. The van der Waals surface area contributed by atoms with Gasteiger partial charge < -0.3 is 14.7 Å². The van der Waals surface area contributed by atoms with Crippen molar-refractivity contribution in [1.82, 2.24) is 10.9 Å². The number of carbonyl (C=O) groups is 1. The van der Waals surface area contributed by atoms with Crippen molar-refractivity contribution in [1.29, 1.82) is 0 Å². The summed E-state index contributed by atoms with van der Waals surface area (Å²) in [6, 6.07) is 22.2. The molecule has 2 heterocycles. The molecule has 31 heavy (non-hydrogen) atoms. The van der Waals surface area contributed by atoms with Crippen LogP contribution in [-0.2, 0) is 4.79 Å². The number of nitrogens with zero attached hydrogens (tertiary/aromatic N) is 1. The molecule has 1 amide bonds. The lowest BCUT2D eigenvalue weighted by Gasteiger charge is -2.31. The number of carbonyl (C=O) groups excluding carboxylic acids is 1. The van der Waals surface area contributed by atoms with Crippen molar-refractivity contribution in [3.63, 3.8) is 0 Å². The van der Waals surface area contributed by atoms with Gasteiger partial charge in [0, 0.05) is 16.1 Å². The van der Waals surface area contributed by atoms with E-state index in [2.05, 4.69) is 26.8 Å². The summed E-state index contributed by atoms with van der Waals surface area (Å²) in [5.74, 6) is 0.970. The van der Waals surface area contributed by atoms with Crippen molar-refractivity contribution in [3.8, 4) is 11.5 Å². The predicted molar refractivity (Wildman–Crippen MR) is 122 cm³/mol. The van der Waals surface area contributed by atoms with Crippen LogP contribution in [0.5, 0.6) is 11.5 Å². The van der Waals surface area contributed by atoms with Gasteiger partial charge in [-0.1, -0.05) is 40.2 Å². The molecule has 0 spiro atoms. The molecule has 2 aliphatic rings. The Morgan fingerprint density at radius 2 is 1.48 bits per heavy atom. The molecule has 0 saturated carbocycles. The normalized spacial score (nSPS) is 25.0. The number of hydrazine groups is 1. The number of ether oxygens (including phenoxy) is 1.